The molecule has 1 saturated heterocycles. The van der Waals surface area contributed by atoms with Gasteiger partial charge in [-0.1, -0.05) is 35.4 Å². The number of carbonyl (C=O) groups is 3. The van der Waals surface area contributed by atoms with Crippen molar-refractivity contribution in [2.24, 2.45) is 5.92 Å². The van der Waals surface area contributed by atoms with E-state index < -0.39 is 5.92 Å². The molecule has 0 aliphatic carbocycles. The Balaban J connectivity index is 1.59. The first-order chi connectivity index (χ1) is 12.8. The van der Waals surface area contributed by atoms with Gasteiger partial charge in [-0.3, -0.25) is 25.2 Å². The number of hydrazine groups is 1. The van der Waals surface area contributed by atoms with Crippen LogP contribution in [0.3, 0.4) is 0 Å². The van der Waals surface area contributed by atoms with Crippen LogP contribution in [0.15, 0.2) is 42.5 Å². The van der Waals surface area contributed by atoms with E-state index in [2.05, 4.69) is 10.9 Å². The number of amides is 3. The summed E-state index contributed by atoms with van der Waals surface area (Å²) in [6.07, 6.45) is 0.124. The van der Waals surface area contributed by atoms with E-state index >= 15 is 0 Å². The SMILES string of the molecule is Cc1ccc(N2C[C@@H](C(=O)NNC(=O)c3ccc(C)cc3C)CC2=O)cc1. The number of anilines is 1. The summed E-state index contributed by atoms with van der Waals surface area (Å²) < 4.78 is 0. The van der Waals surface area contributed by atoms with Crippen LogP contribution in [0.4, 0.5) is 5.69 Å². The quantitative estimate of drug-likeness (QED) is 0.820. The fraction of sp³-hybridized carbons (Fsp3) is 0.286. The van der Waals surface area contributed by atoms with E-state index in [0.717, 1.165) is 22.4 Å². The van der Waals surface area contributed by atoms with Crippen LogP contribution in [-0.4, -0.2) is 24.3 Å². The van der Waals surface area contributed by atoms with Gasteiger partial charge in [0, 0.05) is 24.2 Å². The summed E-state index contributed by atoms with van der Waals surface area (Å²) in [5.41, 5.74) is 9.18. The van der Waals surface area contributed by atoms with Gasteiger partial charge in [0.15, 0.2) is 0 Å². The molecule has 6 heteroatoms. The maximum absolute atomic E-state index is 12.4. The second-order valence-corrected chi connectivity index (χ2v) is 7.00. The van der Waals surface area contributed by atoms with Crippen LogP contribution < -0.4 is 15.8 Å². The maximum atomic E-state index is 12.4. The van der Waals surface area contributed by atoms with Crippen molar-refractivity contribution < 1.29 is 14.4 Å². The van der Waals surface area contributed by atoms with E-state index in [0.29, 0.717) is 12.1 Å². The van der Waals surface area contributed by atoms with Gasteiger partial charge in [-0.2, -0.15) is 0 Å². The fourth-order valence-electron chi connectivity index (χ4n) is 3.21. The minimum absolute atomic E-state index is 0.0975. The number of rotatable bonds is 3. The first-order valence-corrected chi connectivity index (χ1v) is 8.89. The van der Waals surface area contributed by atoms with E-state index in [4.69, 9.17) is 0 Å². The largest absolute Gasteiger partial charge is 0.312 e. The molecule has 27 heavy (non-hydrogen) atoms. The lowest BCUT2D eigenvalue weighted by Gasteiger charge is -2.17. The van der Waals surface area contributed by atoms with E-state index in [9.17, 15) is 14.4 Å². The average Bonchev–Trinajstić information content (AvgIpc) is 3.02. The predicted octanol–water partition coefficient (Wildman–Crippen LogP) is 2.43. The van der Waals surface area contributed by atoms with Gasteiger partial charge in [-0.05, 0) is 44.5 Å². The summed E-state index contributed by atoms with van der Waals surface area (Å²) in [4.78, 5) is 38.5. The highest BCUT2D eigenvalue weighted by atomic mass is 16.2. The number of hydrogen-bond acceptors (Lipinski definition) is 3. The summed E-state index contributed by atoms with van der Waals surface area (Å²) >= 11 is 0. The molecule has 0 bridgehead atoms. The van der Waals surface area contributed by atoms with E-state index in [1.165, 1.54) is 0 Å². The molecule has 1 aliphatic rings. The Morgan fingerprint density at radius 2 is 1.63 bits per heavy atom. The highest BCUT2D eigenvalue weighted by Gasteiger charge is 2.35. The Labute approximate surface area is 158 Å². The zero-order valence-corrected chi connectivity index (χ0v) is 15.7. The van der Waals surface area contributed by atoms with Gasteiger partial charge in [0.25, 0.3) is 5.91 Å². The summed E-state index contributed by atoms with van der Waals surface area (Å²) in [6.45, 7) is 6.07. The molecule has 1 fully saturated rings. The molecule has 140 valence electrons. The van der Waals surface area contributed by atoms with E-state index in [-0.39, 0.29) is 24.1 Å². The number of nitrogens with one attached hydrogen (secondary N) is 2. The monoisotopic (exact) mass is 365 g/mol. The van der Waals surface area contributed by atoms with Gasteiger partial charge in [0.2, 0.25) is 11.8 Å². The van der Waals surface area contributed by atoms with E-state index in [1.807, 2.05) is 57.2 Å². The maximum Gasteiger partial charge on any atom is 0.269 e. The highest BCUT2D eigenvalue weighted by molar-refractivity contribution is 6.01. The third-order valence-electron chi connectivity index (χ3n) is 4.77. The summed E-state index contributed by atoms with van der Waals surface area (Å²) in [5, 5.41) is 0. The number of aryl methyl sites for hydroxylation is 3. The Bertz CT molecular complexity index is 890. The van der Waals surface area contributed by atoms with Crippen LogP contribution in [0, 0.1) is 26.7 Å². The molecule has 1 heterocycles. The zero-order valence-electron chi connectivity index (χ0n) is 15.7. The van der Waals surface area contributed by atoms with Crippen LogP contribution in [0.2, 0.25) is 0 Å². The number of benzene rings is 2. The van der Waals surface area contributed by atoms with Crippen LogP contribution in [-0.2, 0) is 9.59 Å². The van der Waals surface area contributed by atoms with Crippen molar-refractivity contribution in [1.82, 2.24) is 10.9 Å². The van der Waals surface area contributed by atoms with Gasteiger partial charge in [0.05, 0.1) is 5.92 Å². The van der Waals surface area contributed by atoms with Gasteiger partial charge in [-0.25, -0.2) is 0 Å². The standard InChI is InChI=1S/C21H23N3O3/c1-13-4-7-17(8-5-13)24-12-16(11-19(24)25)20(26)22-23-21(27)18-9-6-14(2)10-15(18)3/h4-10,16H,11-12H2,1-3H3,(H,22,26)(H,23,27)/t16-/m0/s1. The van der Waals surface area contributed by atoms with Gasteiger partial charge in [-0.15, -0.1) is 0 Å². The lowest BCUT2D eigenvalue weighted by atomic mass is 10.1. The molecule has 2 aromatic rings. The topological polar surface area (TPSA) is 78.5 Å². The Kier molecular flexibility index (Phi) is 5.26. The third kappa shape index (κ3) is 4.16. The normalized spacial score (nSPS) is 16.3. The highest BCUT2D eigenvalue weighted by Crippen LogP contribution is 2.25. The van der Waals surface area contributed by atoms with E-state index in [1.54, 1.807) is 11.0 Å². The van der Waals surface area contributed by atoms with Crippen LogP contribution >= 0.6 is 0 Å². The predicted molar refractivity (Wildman–Crippen MR) is 103 cm³/mol. The summed E-state index contributed by atoms with van der Waals surface area (Å²) in [6, 6.07) is 13.1. The molecule has 3 rings (SSSR count). The van der Waals surface area contributed by atoms with Gasteiger partial charge in [0.1, 0.15) is 0 Å². The molecule has 0 spiro atoms. The van der Waals surface area contributed by atoms with Gasteiger partial charge >= 0.3 is 0 Å². The summed E-state index contributed by atoms with van der Waals surface area (Å²) in [5.74, 6) is -1.34. The Hall–Kier alpha value is -3.15. The molecular weight excluding hydrogens is 342 g/mol. The molecule has 1 atom stereocenters. The lowest BCUT2D eigenvalue weighted by Crippen LogP contribution is -2.45. The summed E-state index contributed by atoms with van der Waals surface area (Å²) in [7, 11) is 0. The molecular formula is C21H23N3O3. The third-order valence-corrected chi connectivity index (χ3v) is 4.77. The fourth-order valence-corrected chi connectivity index (χ4v) is 3.21. The first kappa shape index (κ1) is 18.6. The van der Waals surface area contributed by atoms with Crippen LogP contribution in [0.5, 0.6) is 0 Å². The second-order valence-electron chi connectivity index (χ2n) is 7.00. The number of nitrogens with zero attached hydrogens (tertiary/aromatic N) is 1. The molecule has 1 aliphatic heterocycles. The number of carbonyl (C=O) groups excluding carboxylic acids is 3. The van der Waals surface area contributed by atoms with Crippen LogP contribution in [0.25, 0.3) is 0 Å². The van der Waals surface area contributed by atoms with Crippen molar-refractivity contribution in [2.75, 3.05) is 11.4 Å². The molecule has 0 saturated carbocycles. The Morgan fingerprint density at radius 3 is 2.30 bits per heavy atom. The minimum atomic E-state index is -0.502. The lowest BCUT2D eigenvalue weighted by molar-refractivity contribution is -0.126. The molecule has 2 N–H and O–H groups in total. The first-order valence-electron chi connectivity index (χ1n) is 8.89. The molecule has 0 radical (unpaired) electrons. The Morgan fingerprint density at radius 1 is 0.963 bits per heavy atom. The molecule has 3 amide bonds. The van der Waals surface area contributed by atoms with Crippen molar-refractivity contribution in [2.45, 2.75) is 27.2 Å². The van der Waals surface area contributed by atoms with Crippen molar-refractivity contribution in [3.8, 4) is 0 Å². The molecule has 0 aromatic heterocycles. The van der Waals surface area contributed by atoms with Crippen molar-refractivity contribution in [1.29, 1.82) is 0 Å². The van der Waals surface area contributed by atoms with Crippen LogP contribution in [0.1, 0.15) is 33.5 Å². The zero-order chi connectivity index (χ0) is 19.6. The smallest absolute Gasteiger partial charge is 0.269 e. The van der Waals surface area contributed by atoms with Crippen molar-refractivity contribution >= 4 is 23.4 Å². The molecule has 6 nitrogen and oxygen atoms in total. The minimum Gasteiger partial charge on any atom is -0.312 e. The van der Waals surface area contributed by atoms with Crippen molar-refractivity contribution in [3.05, 3.63) is 64.7 Å². The van der Waals surface area contributed by atoms with Crippen molar-refractivity contribution in [3.63, 3.8) is 0 Å². The molecule has 0 unspecified atom stereocenters. The number of hydrogen-bond donors (Lipinski definition) is 2. The average molecular weight is 365 g/mol. The molecule has 2 aromatic carbocycles. The van der Waals surface area contributed by atoms with Gasteiger partial charge < -0.3 is 4.90 Å². The second kappa shape index (κ2) is 7.61.